The molecule has 0 aromatic carbocycles. The molecule has 1 heterocycles. The molecule has 0 aromatic heterocycles. The molecule has 16 heavy (non-hydrogen) atoms. The van der Waals surface area contributed by atoms with Crippen LogP contribution in [0.3, 0.4) is 0 Å². The van der Waals surface area contributed by atoms with E-state index in [2.05, 4.69) is 22.2 Å². The summed E-state index contributed by atoms with van der Waals surface area (Å²) in [4.78, 5) is 4.96. The summed E-state index contributed by atoms with van der Waals surface area (Å²) in [5, 5.41) is 3.38. The van der Waals surface area contributed by atoms with Gasteiger partial charge in [0, 0.05) is 46.4 Å². The first kappa shape index (κ1) is 13.9. The molecule has 0 unspecified atom stereocenters. The van der Waals surface area contributed by atoms with Gasteiger partial charge in [-0.25, -0.2) is 0 Å². The van der Waals surface area contributed by atoms with Crippen LogP contribution in [0.2, 0.25) is 0 Å². The van der Waals surface area contributed by atoms with Gasteiger partial charge in [-0.2, -0.15) is 0 Å². The number of piperazine rings is 1. The number of nitrogens with one attached hydrogen (secondary N) is 1. The molecule has 0 aromatic rings. The highest BCUT2D eigenvalue weighted by atomic mass is 16.5. The Balaban J connectivity index is 1.92. The van der Waals surface area contributed by atoms with Gasteiger partial charge in [0.1, 0.15) is 0 Å². The summed E-state index contributed by atoms with van der Waals surface area (Å²) < 4.78 is 5.05. The number of rotatable bonds is 8. The van der Waals surface area contributed by atoms with Crippen LogP contribution < -0.4 is 5.32 Å². The highest BCUT2D eigenvalue weighted by Gasteiger charge is 2.08. The smallest absolute Gasteiger partial charge is 0.0474 e. The van der Waals surface area contributed by atoms with Crippen LogP contribution in [0, 0.1) is 0 Å². The molecule has 0 saturated carbocycles. The maximum absolute atomic E-state index is 5.05. The second-order valence-corrected chi connectivity index (χ2v) is 4.59. The predicted octanol–water partition coefficient (Wildman–Crippen LogP) is 0.250. The summed E-state index contributed by atoms with van der Waals surface area (Å²) in [5.74, 6) is 0. The zero-order valence-electron chi connectivity index (χ0n) is 10.9. The summed E-state index contributed by atoms with van der Waals surface area (Å²) in [6, 6.07) is 0. The van der Waals surface area contributed by atoms with Crippen molar-refractivity contribution >= 4 is 0 Å². The molecule has 1 fully saturated rings. The molecule has 4 nitrogen and oxygen atoms in total. The SMILES string of the molecule is COCCCN(C)CCCN1CCNCC1. The molecule has 0 atom stereocenters. The van der Waals surface area contributed by atoms with E-state index in [1.54, 1.807) is 7.11 Å². The minimum atomic E-state index is 0.877. The van der Waals surface area contributed by atoms with E-state index in [-0.39, 0.29) is 0 Å². The summed E-state index contributed by atoms with van der Waals surface area (Å²) in [6.45, 7) is 9.22. The molecule has 96 valence electrons. The first-order valence-corrected chi connectivity index (χ1v) is 6.43. The van der Waals surface area contributed by atoms with Gasteiger partial charge < -0.3 is 19.9 Å². The van der Waals surface area contributed by atoms with Crippen molar-refractivity contribution in [2.24, 2.45) is 0 Å². The molecule has 1 aliphatic heterocycles. The van der Waals surface area contributed by atoms with E-state index in [0.29, 0.717) is 0 Å². The van der Waals surface area contributed by atoms with Crippen molar-refractivity contribution < 1.29 is 4.74 Å². The lowest BCUT2D eigenvalue weighted by Gasteiger charge is -2.27. The van der Waals surface area contributed by atoms with Crippen molar-refractivity contribution in [3.8, 4) is 0 Å². The topological polar surface area (TPSA) is 27.7 Å². The Morgan fingerprint density at radius 1 is 1.19 bits per heavy atom. The quantitative estimate of drug-likeness (QED) is 0.604. The van der Waals surface area contributed by atoms with Crippen LogP contribution in [0.15, 0.2) is 0 Å². The van der Waals surface area contributed by atoms with Gasteiger partial charge in [0.15, 0.2) is 0 Å². The van der Waals surface area contributed by atoms with E-state index < -0.39 is 0 Å². The van der Waals surface area contributed by atoms with E-state index in [4.69, 9.17) is 4.74 Å². The lowest BCUT2D eigenvalue weighted by Crippen LogP contribution is -2.44. The van der Waals surface area contributed by atoms with Crippen molar-refractivity contribution in [1.29, 1.82) is 0 Å². The van der Waals surface area contributed by atoms with Gasteiger partial charge in [-0.05, 0) is 33.0 Å². The minimum Gasteiger partial charge on any atom is -0.385 e. The molecule has 1 rings (SSSR count). The number of hydrogen-bond donors (Lipinski definition) is 1. The fraction of sp³-hybridized carbons (Fsp3) is 1.00. The summed E-state index contributed by atoms with van der Waals surface area (Å²) in [6.07, 6.45) is 2.42. The standard InChI is InChI=1S/C12H27N3O/c1-14(8-4-12-16-2)7-3-9-15-10-5-13-6-11-15/h13H,3-12H2,1-2H3. The Hall–Kier alpha value is -0.160. The second kappa shape index (κ2) is 8.93. The average Bonchev–Trinajstić information content (AvgIpc) is 2.31. The first-order chi connectivity index (χ1) is 7.83. The van der Waals surface area contributed by atoms with Crippen molar-refractivity contribution in [1.82, 2.24) is 15.1 Å². The Labute approximate surface area is 99.9 Å². The van der Waals surface area contributed by atoms with Crippen LogP contribution in [0.25, 0.3) is 0 Å². The minimum absolute atomic E-state index is 0.877. The number of nitrogens with zero attached hydrogens (tertiary/aromatic N) is 2. The Morgan fingerprint density at radius 3 is 2.56 bits per heavy atom. The molecular weight excluding hydrogens is 202 g/mol. The van der Waals surface area contributed by atoms with E-state index in [1.807, 2.05) is 0 Å². The van der Waals surface area contributed by atoms with Gasteiger partial charge in [0.25, 0.3) is 0 Å². The maximum atomic E-state index is 5.05. The zero-order chi connectivity index (χ0) is 11.6. The monoisotopic (exact) mass is 229 g/mol. The summed E-state index contributed by atoms with van der Waals surface area (Å²) >= 11 is 0. The first-order valence-electron chi connectivity index (χ1n) is 6.43. The predicted molar refractivity (Wildman–Crippen MR) is 67.9 cm³/mol. The normalized spacial score (nSPS) is 18.2. The van der Waals surface area contributed by atoms with Crippen molar-refractivity contribution in [2.45, 2.75) is 12.8 Å². The molecule has 1 saturated heterocycles. The third kappa shape index (κ3) is 6.43. The molecule has 4 heteroatoms. The molecule has 1 N–H and O–H groups in total. The number of ether oxygens (including phenoxy) is 1. The third-order valence-corrected chi connectivity index (χ3v) is 3.11. The van der Waals surface area contributed by atoms with E-state index in [9.17, 15) is 0 Å². The maximum Gasteiger partial charge on any atom is 0.0474 e. The van der Waals surface area contributed by atoms with Crippen molar-refractivity contribution in [2.75, 3.05) is 66.6 Å². The van der Waals surface area contributed by atoms with Crippen LogP contribution in [-0.2, 0) is 4.74 Å². The van der Waals surface area contributed by atoms with Crippen LogP contribution in [-0.4, -0.2) is 76.4 Å². The number of hydrogen-bond acceptors (Lipinski definition) is 4. The van der Waals surface area contributed by atoms with E-state index >= 15 is 0 Å². The molecule has 0 radical (unpaired) electrons. The highest BCUT2D eigenvalue weighted by Crippen LogP contribution is 1.96. The summed E-state index contributed by atoms with van der Waals surface area (Å²) in [7, 11) is 3.97. The van der Waals surface area contributed by atoms with Crippen LogP contribution in [0.1, 0.15) is 12.8 Å². The van der Waals surface area contributed by atoms with Gasteiger partial charge >= 0.3 is 0 Å². The Kier molecular flexibility index (Phi) is 7.76. The second-order valence-electron chi connectivity index (χ2n) is 4.59. The van der Waals surface area contributed by atoms with Crippen molar-refractivity contribution in [3.63, 3.8) is 0 Å². The number of methoxy groups -OCH3 is 1. The van der Waals surface area contributed by atoms with E-state index in [1.165, 1.54) is 32.6 Å². The molecule has 1 aliphatic rings. The molecule has 0 bridgehead atoms. The zero-order valence-corrected chi connectivity index (χ0v) is 10.9. The fourth-order valence-corrected chi connectivity index (χ4v) is 2.09. The highest BCUT2D eigenvalue weighted by molar-refractivity contribution is 4.67. The Bertz CT molecular complexity index is 160. The lowest BCUT2D eigenvalue weighted by molar-refractivity contribution is 0.175. The third-order valence-electron chi connectivity index (χ3n) is 3.11. The van der Waals surface area contributed by atoms with E-state index in [0.717, 1.165) is 32.7 Å². The van der Waals surface area contributed by atoms with Gasteiger partial charge in [-0.1, -0.05) is 0 Å². The Morgan fingerprint density at radius 2 is 1.88 bits per heavy atom. The van der Waals surface area contributed by atoms with Crippen LogP contribution in [0.5, 0.6) is 0 Å². The largest absolute Gasteiger partial charge is 0.385 e. The fourth-order valence-electron chi connectivity index (χ4n) is 2.09. The van der Waals surface area contributed by atoms with Crippen LogP contribution in [0.4, 0.5) is 0 Å². The molecule has 0 aliphatic carbocycles. The van der Waals surface area contributed by atoms with Gasteiger partial charge in [-0.3, -0.25) is 0 Å². The molecule has 0 amide bonds. The van der Waals surface area contributed by atoms with Gasteiger partial charge in [0.05, 0.1) is 0 Å². The van der Waals surface area contributed by atoms with Crippen LogP contribution >= 0.6 is 0 Å². The molecular formula is C12H27N3O. The molecule has 0 spiro atoms. The lowest BCUT2D eigenvalue weighted by atomic mass is 10.3. The van der Waals surface area contributed by atoms with Gasteiger partial charge in [-0.15, -0.1) is 0 Å². The van der Waals surface area contributed by atoms with Gasteiger partial charge in [0.2, 0.25) is 0 Å². The summed E-state index contributed by atoms with van der Waals surface area (Å²) in [5.41, 5.74) is 0. The average molecular weight is 229 g/mol. The van der Waals surface area contributed by atoms with Crippen molar-refractivity contribution in [3.05, 3.63) is 0 Å².